The highest BCUT2D eigenvalue weighted by atomic mass is 15.2. The van der Waals surface area contributed by atoms with Gasteiger partial charge in [-0.2, -0.15) is 0 Å². The number of nitrogens with zero attached hydrogens (tertiary/aromatic N) is 1. The lowest BCUT2D eigenvalue weighted by atomic mass is 10.1. The number of hydrogen-bond acceptors (Lipinski definition) is 2. The Morgan fingerprint density at radius 2 is 2.33 bits per heavy atom. The van der Waals surface area contributed by atoms with E-state index in [2.05, 4.69) is 30.6 Å². The summed E-state index contributed by atoms with van der Waals surface area (Å²) in [4.78, 5) is 2.45. The first kappa shape index (κ1) is 9.75. The van der Waals surface area contributed by atoms with Crippen LogP contribution in [-0.2, 0) is 0 Å². The first-order valence-electron chi connectivity index (χ1n) is 4.72. The number of rotatable bonds is 2. The van der Waals surface area contributed by atoms with Gasteiger partial charge in [0.2, 0.25) is 0 Å². The molecule has 1 fully saturated rings. The molecule has 70 valence electrons. The lowest BCUT2D eigenvalue weighted by molar-refractivity contribution is 0.251. The first-order valence-corrected chi connectivity index (χ1v) is 4.72. The minimum Gasteiger partial charge on any atom is -0.310 e. The van der Waals surface area contributed by atoms with Crippen molar-refractivity contribution in [1.29, 1.82) is 0 Å². The Labute approximate surface area is 75.6 Å². The Kier molecular flexibility index (Phi) is 3.29. The van der Waals surface area contributed by atoms with E-state index in [0.717, 1.165) is 19.6 Å². The Morgan fingerprint density at radius 3 is 3.00 bits per heavy atom. The first-order chi connectivity index (χ1) is 5.64. The summed E-state index contributed by atoms with van der Waals surface area (Å²) in [6.45, 7) is 12.8. The SMILES string of the molecule is C=CCN1CCCNC(C)(C)C1. The van der Waals surface area contributed by atoms with E-state index in [1.165, 1.54) is 13.0 Å². The predicted molar refractivity (Wildman–Crippen MR) is 53.3 cm³/mol. The second-order valence-corrected chi connectivity index (χ2v) is 4.19. The maximum Gasteiger partial charge on any atom is 0.0252 e. The minimum atomic E-state index is 0.263. The molecule has 0 atom stereocenters. The molecule has 0 aromatic heterocycles. The highest BCUT2D eigenvalue weighted by Gasteiger charge is 2.22. The lowest BCUT2D eigenvalue weighted by Crippen LogP contribution is -2.46. The zero-order chi connectivity index (χ0) is 9.03. The van der Waals surface area contributed by atoms with Gasteiger partial charge >= 0.3 is 0 Å². The average Bonchev–Trinajstić information content (AvgIpc) is 2.11. The van der Waals surface area contributed by atoms with Crippen LogP contribution in [0.5, 0.6) is 0 Å². The van der Waals surface area contributed by atoms with Crippen LogP contribution in [0.4, 0.5) is 0 Å². The van der Waals surface area contributed by atoms with Crippen LogP contribution in [0, 0.1) is 0 Å². The van der Waals surface area contributed by atoms with Crippen LogP contribution in [0.3, 0.4) is 0 Å². The van der Waals surface area contributed by atoms with Gasteiger partial charge in [0.25, 0.3) is 0 Å². The van der Waals surface area contributed by atoms with Crippen molar-refractivity contribution in [3.05, 3.63) is 12.7 Å². The van der Waals surface area contributed by atoms with Crippen LogP contribution in [-0.4, -0.2) is 36.6 Å². The second-order valence-electron chi connectivity index (χ2n) is 4.19. The molecule has 0 amide bonds. The van der Waals surface area contributed by atoms with Gasteiger partial charge in [-0.25, -0.2) is 0 Å². The molecule has 0 aliphatic carbocycles. The van der Waals surface area contributed by atoms with Gasteiger partial charge in [0.15, 0.2) is 0 Å². The molecule has 1 aliphatic heterocycles. The van der Waals surface area contributed by atoms with E-state index in [1.54, 1.807) is 0 Å². The molecule has 0 unspecified atom stereocenters. The lowest BCUT2D eigenvalue weighted by Gasteiger charge is -2.29. The smallest absolute Gasteiger partial charge is 0.0252 e. The molecule has 1 aliphatic rings. The van der Waals surface area contributed by atoms with Gasteiger partial charge in [-0.15, -0.1) is 6.58 Å². The molecule has 12 heavy (non-hydrogen) atoms. The highest BCUT2D eigenvalue weighted by Crippen LogP contribution is 2.09. The Balaban J connectivity index is 2.47. The molecular formula is C10H20N2. The summed E-state index contributed by atoms with van der Waals surface area (Å²) in [5, 5.41) is 3.53. The quantitative estimate of drug-likeness (QED) is 0.624. The van der Waals surface area contributed by atoms with E-state index < -0.39 is 0 Å². The van der Waals surface area contributed by atoms with Crippen molar-refractivity contribution in [1.82, 2.24) is 10.2 Å². The van der Waals surface area contributed by atoms with Crippen LogP contribution in [0.15, 0.2) is 12.7 Å². The molecule has 1 rings (SSSR count). The van der Waals surface area contributed by atoms with E-state index in [0.29, 0.717) is 0 Å². The third-order valence-corrected chi connectivity index (χ3v) is 2.26. The van der Waals surface area contributed by atoms with Crippen LogP contribution in [0.25, 0.3) is 0 Å². The molecule has 0 saturated carbocycles. The average molecular weight is 168 g/mol. The summed E-state index contributed by atoms with van der Waals surface area (Å²) in [5.41, 5.74) is 0.263. The molecule has 2 heteroatoms. The van der Waals surface area contributed by atoms with Gasteiger partial charge < -0.3 is 5.32 Å². The summed E-state index contributed by atoms with van der Waals surface area (Å²) in [5.74, 6) is 0. The van der Waals surface area contributed by atoms with Gasteiger partial charge in [-0.3, -0.25) is 4.90 Å². The van der Waals surface area contributed by atoms with Crippen molar-refractivity contribution in [2.75, 3.05) is 26.2 Å². The second kappa shape index (κ2) is 4.06. The molecule has 0 aromatic carbocycles. The molecular weight excluding hydrogens is 148 g/mol. The molecule has 2 nitrogen and oxygen atoms in total. The molecule has 0 spiro atoms. The standard InChI is InChI=1S/C10H20N2/c1-4-7-12-8-5-6-11-10(2,3)9-12/h4,11H,1,5-9H2,2-3H3. The zero-order valence-electron chi connectivity index (χ0n) is 8.27. The van der Waals surface area contributed by atoms with Crippen molar-refractivity contribution < 1.29 is 0 Å². The summed E-state index contributed by atoms with van der Waals surface area (Å²) in [6, 6.07) is 0. The fourth-order valence-electron chi connectivity index (χ4n) is 1.76. The van der Waals surface area contributed by atoms with Crippen molar-refractivity contribution in [3.8, 4) is 0 Å². The van der Waals surface area contributed by atoms with Crippen LogP contribution in [0.1, 0.15) is 20.3 Å². The zero-order valence-corrected chi connectivity index (χ0v) is 8.27. The maximum atomic E-state index is 3.77. The van der Waals surface area contributed by atoms with E-state index in [4.69, 9.17) is 0 Å². The van der Waals surface area contributed by atoms with Crippen LogP contribution < -0.4 is 5.32 Å². The molecule has 1 saturated heterocycles. The molecule has 0 aromatic rings. The fraction of sp³-hybridized carbons (Fsp3) is 0.800. The molecule has 0 bridgehead atoms. The molecule has 0 radical (unpaired) electrons. The summed E-state index contributed by atoms with van der Waals surface area (Å²) < 4.78 is 0. The monoisotopic (exact) mass is 168 g/mol. The summed E-state index contributed by atoms with van der Waals surface area (Å²) >= 11 is 0. The molecule has 1 heterocycles. The summed E-state index contributed by atoms with van der Waals surface area (Å²) in [7, 11) is 0. The van der Waals surface area contributed by atoms with E-state index in [-0.39, 0.29) is 5.54 Å². The Hall–Kier alpha value is -0.340. The third-order valence-electron chi connectivity index (χ3n) is 2.26. The van der Waals surface area contributed by atoms with Gasteiger partial charge in [0.1, 0.15) is 0 Å². The molecule has 1 N–H and O–H groups in total. The van der Waals surface area contributed by atoms with E-state index in [1.807, 2.05) is 6.08 Å². The van der Waals surface area contributed by atoms with Crippen molar-refractivity contribution in [3.63, 3.8) is 0 Å². The number of hydrogen-bond donors (Lipinski definition) is 1. The van der Waals surface area contributed by atoms with Crippen molar-refractivity contribution in [2.45, 2.75) is 25.8 Å². The van der Waals surface area contributed by atoms with E-state index in [9.17, 15) is 0 Å². The van der Waals surface area contributed by atoms with Crippen LogP contribution >= 0.6 is 0 Å². The van der Waals surface area contributed by atoms with E-state index >= 15 is 0 Å². The van der Waals surface area contributed by atoms with Crippen molar-refractivity contribution in [2.24, 2.45) is 0 Å². The van der Waals surface area contributed by atoms with Gasteiger partial charge in [0, 0.05) is 18.6 Å². The highest BCUT2D eigenvalue weighted by molar-refractivity contribution is 4.87. The normalized spacial score (nSPS) is 24.8. The van der Waals surface area contributed by atoms with Crippen LogP contribution in [0.2, 0.25) is 0 Å². The summed E-state index contributed by atoms with van der Waals surface area (Å²) in [6.07, 6.45) is 3.23. The number of nitrogens with one attached hydrogen (secondary N) is 1. The topological polar surface area (TPSA) is 15.3 Å². The largest absolute Gasteiger partial charge is 0.310 e. The van der Waals surface area contributed by atoms with Gasteiger partial charge in [-0.1, -0.05) is 6.08 Å². The third kappa shape index (κ3) is 2.95. The predicted octanol–water partition coefficient (Wildman–Crippen LogP) is 1.25. The Morgan fingerprint density at radius 1 is 1.58 bits per heavy atom. The fourth-order valence-corrected chi connectivity index (χ4v) is 1.76. The maximum absolute atomic E-state index is 3.77. The minimum absolute atomic E-state index is 0.263. The van der Waals surface area contributed by atoms with Gasteiger partial charge in [0.05, 0.1) is 0 Å². The Bertz CT molecular complexity index is 152. The van der Waals surface area contributed by atoms with Crippen molar-refractivity contribution >= 4 is 0 Å². The van der Waals surface area contributed by atoms with Gasteiger partial charge in [-0.05, 0) is 33.4 Å².